The predicted molar refractivity (Wildman–Crippen MR) is 128 cm³/mol. The average molecular weight is 479 g/mol. The summed E-state index contributed by atoms with van der Waals surface area (Å²) in [5.41, 5.74) is -2.53. The summed E-state index contributed by atoms with van der Waals surface area (Å²) < 4.78 is 12.0. The summed E-state index contributed by atoms with van der Waals surface area (Å²) in [4.78, 5) is 44.8. The van der Waals surface area contributed by atoms with E-state index in [0.29, 0.717) is 19.4 Å². The Bertz CT molecular complexity index is 838. The number of carbonyl (C=O) groups excluding carboxylic acids is 3. The number of hydrogen-bond acceptors (Lipinski definition) is 6. The van der Waals surface area contributed by atoms with Gasteiger partial charge in [-0.05, 0) is 53.4 Å². The monoisotopic (exact) mass is 478 g/mol. The molecule has 2 bridgehead atoms. The number of fused-ring (bicyclic) bond motifs is 1. The SMILES string of the molecule is C=CCN(C(=O)C1N([C@@H](CO)[C@@H](C)CC)C(=O)[C@@H]2[C@H](C(=O)OCC)[C@]3(C)CCC12O3)C(C)(C)C. The lowest BCUT2D eigenvalue weighted by Crippen LogP contribution is -2.62. The van der Waals surface area contributed by atoms with Crippen molar-refractivity contribution >= 4 is 17.8 Å². The predicted octanol–water partition coefficient (Wildman–Crippen LogP) is 2.53. The number of aliphatic hydroxyl groups is 1. The molecule has 3 heterocycles. The van der Waals surface area contributed by atoms with Crippen molar-refractivity contribution in [2.45, 2.75) is 96.6 Å². The lowest BCUT2D eigenvalue weighted by atomic mass is 9.66. The van der Waals surface area contributed by atoms with Crippen LogP contribution in [-0.2, 0) is 23.9 Å². The van der Waals surface area contributed by atoms with Crippen molar-refractivity contribution in [1.29, 1.82) is 0 Å². The first kappa shape index (κ1) is 26.7. The van der Waals surface area contributed by atoms with Crippen LogP contribution in [0.2, 0.25) is 0 Å². The molecule has 34 heavy (non-hydrogen) atoms. The number of amides is 2. The Kier molecular flexibility index (Phi) is 7.27. The molecule has 3 rings (SSSR count). The van der Waals surface area contributed by atoms with E-state index in [4.69, 9.17) is 9.47 Å². The zero-order chi connectivity index (χ0) is 25.6. The van der Waals surface area contributed by atoms with E-state index >= 15 is 0 Å². The number of nitrogens with zero attached hydrogens (tertiary/aromatic N) is 2. The van der Waals surface area contributed by atoms with Crippen molar-refractivity contribution in [1.82, 2.24) is 9.80 Å². The summed E-state index contributed by atoms with van der Waals surface area (Å²) in [6, 6.07) is -1.49. The van der Waals surface area contributed by atoms with Crippen LogP contribution >= 0.6 is 0 Å². The van der Waals surface area contributed by atoms with Crippen LogP contribution in [0.25, 0.3) is 0 Å². The summed E-state index contributed by atoms with van der Waals surface area (Å²) in [6.45, 7) is 17.4. The first-order chi connectivity index (χ1) is 15.8. The van der Waals surface area contributed by atoms with Gasteiger partial charge < -0.3 is 24.4 Å². The Morgan fingerprint density at radius 3 is 2.50 bits per heavy atom. The topological polar surface area (TPSA) is 96.4 Å². The van der Waals surface area contributed by atoms with E-state index in [0.717, 1.165) is 6.42 Å². The van der Waals surface area contributed by atoms with E-state index in [1.54, 1.807) is 22.8 Å². The number of rotatable bonds is 9. The van der Waals surface area contributed by atoms with Gasteiger partial charge in [0.05, 0.1) is 30.8 Å². The van der Waals surface area contributed by atoms with Gasteiger partial charge in [0.15, 0.2) is 0 Å². The Labute approximate surface area is 203 Å². The second-order valence-electron chi connectivity index (χ2n) is 11.3. The van der Waals surface area contributed by atoms with Gasteiger partial charge >= 0.3 is 5.97 Å². The van der Waals surface area contributed by atoms with Gasteiger partial charge in [0.1, 0.15) is 17.6 Å². The van der Waals surface area contributed by atoms with Crippen molar-refractivity contribution in [2.24, 2.45) is 17.8 Å². The first-order valence-electron chi connectivity index (χ1n) is 12.6. The summed E-state index contributed by atoms with van der Waals surface area (Å²) in [7, 11) is 0. The minimum Gasteiger partial charge on any atom is -0.466 e. The van der Waals surface area contributed by atoms with E-state index in [-0.39, 0.29) is 30.9 Å². The Morgan fingerprint density at radius 1 is 1.35 bits per heavy atom. The molecule has 8 heteroatoms. The largest absolute Gasteiger partial charge is 0.466 e. The second kappa shape index (κ2) is 9.26. The molecule has 0 radical (unpaired) electrons. The number of ether oxygens (including phenoxy) is 2. The average Bonchev–Trinajstić information content (AvgIpc) is 3.32. The van der Waals surface area contributed by atoms with Crippen LogP contribution in [0.15, 0.2) is 12.7 Å². The Balaban J connectivity index is 2.19. The van der Waals surface area contributed by atoms with Crippen LogP contribution < -0.4 is 0 Å². The molecule has 8 nitrogen and oxygen atoms in total. The highest BCUT2D eigenvalue weighted by Gasteiger charge is 2.79. The molecular weight excluding hydrogens is 436 g/mol. The molecule has 0 saturated carbocycles. The Hall–Kier alpha value is -1.93. The molecule has 1 spiro atoms. The van der Waals surface area contributed by atoms with Crippen LogP contribution in [0.3, 0.4) is 0 Å². The summed E-state index contributed by atoms with van der Waals surface area (Å²) in [5, 5.41) is 10.4. The van der Waals surface area contributed by atoms with Crippen molar-refractivity contribution in [2.75, 3.05) is 19.8 Å². The molecule has 3 saturated heterocycles. The summed E-state index contributed by atoms with van der Waals surface area (Å²) in [6.07, 6.45) is 3.45. The Morgan fingerprint density at radius 2 is 2.00 bits per heavy atom. The lowest BCUT2D eigenvalue weighted by molar-refractivity contribution is -0.163. The quantitative estimate of drug-likeness (QED) is 0.404. The van der Waals surface area contributed by atoms with Crippen LogP contribution in [0.5, 0.6) is 0 Å². The zero-order valence-electron chi connectivity index (χ0n) is 21.8. The fourth-order valence-electron chi connectivity index (χ4n) is 6.38. The number of carbonyl (C=O) groups is 3. The molecule has 2 unspecified atom stereocenters. The molecule has 3 aliphatic rings. The molecule has 0 aliphatic carbocycles. The van der Waals surface area contributed by atoms with Gasteiger partial charge in [-0.2, -0.15) is 0 Å². The first-order valence-corrected chi connectivity index (χ1v) is 12.6. The highest BCUT2D eigenvalue weighted by molar-refractivity contribution is 5.99. The fourth-order valence-corrected chi connectivity index (χ4v) is 6.38. The third-order valence-electron chi connectivity index (χ3n) is 8.22. The minimum atomic E-state index is -1.13. The maximum absolute atomic E-state index is 14.3. The normalized spacial score (nSPS) is 34.1. The zero-order valence-corrected chi connectivity index (χ0v) is 21.8. The van der Waals surface area contributed by atoms with Crippen molar-refractivity contribution in [3.05, 3.63) is 12.7 Å². The number of aliphatic hydroxyl groups excluding tert-OH is 1. The van der Waals surface area contributed by atoms with E-state index in [1.807, 2.05) is 41.5 Å². The van der Waals surface area contributed by atoms with Crippen LogP contribution in [0.4, 0.5) is 0 Å². The minimum absolute atomic E-state index is 0.0456. The molecule has 7 atom stereocenters. The molecule has 0 aromatic carbocycles. The highest BCUT2D eigenvalue weighted by atomic mass is 16.6. The highest BCUT2D eigenvalue weighted by Crippen LogP contribution is 2.64. The van der Waals surface area contributed by atoms with E-state index < -0.39 is 46.6 Å². The molecule has 0 aromatic rings. The van der Waals surface area contributed by atoms with Crippen LogP contribution in [0.1, 0.15) is 67.7 Å². The van der Waals surface area contributed by atoms with E-state index in [2.05, 4.69) is 6.58 Å². The summed E-state index contributed by atoms with van der Waals surface area (Å²) >= 11 is 0. The van der Waals surface area contributed by atoms with Crippen LogP contribution in [-0.4, -0.2) is 81.3 Å². The maximum Gasteiger partial charge on any atom is 0.312 e. The molecule has 1 N–H and O–H groups in total. The van der Waals surface area contributed by atoms with Crippen molar-refractivity contribution in [3.63, 3.8) is 0 Å². The second-order valence-corrected chi connectivity index (χ2v) is 11.3. The van der Waals surface area contributed by atoms with Crippen molar-refractivity contribution < 1.29 is 29.0 Å². The maximum atomic E-state index is 14.3. The molecule has 192 valence electrons. The van der Waals surface area contributed by atoms with E-state index in [9.17, 15) is 19.5 Å². The molecule has 3 aliphatic heterocycles. The summed E-state index contributed by atoms with van der Waals surface area (Å²) in [5.74, 6) is -2.64. The lowest BCUT2D eigenvalue weighted by Gasteiger charge is -2.44. The smallest absolute Gasteiger partial charge is 0.312 e. The molecule has 3 fully saturated rings. The fraction of sp³-hybridized carbons (Fsp3) is 0.808. The van der Waals surface area contributed by atoms with Gasteiger partial charge in [0.2, 0.25) is 11.8 Å². The third-order valence-corrected chi connectivity index (χ3v) is 8.22. The third kappa shape index (κ3) is 3.87. The van der Waals surface area contributed by atoms with Gasteiger partial charge in [-0.15, -0.1) is 6.58 Å². The number of esters is 1. The van der Waals surface area contributed by atoms with Gasteiger partial charge in [-0.3, -0.25) is 14.4 Å². The molecular formula is C26H42N2O6. The van der Waals surface area contributed by atoms with Crippen LogP contribution in [0, 0.1) is 17.8 Å². The van der Waals surface area contributed by atoms with Gasteiger partial charge in [-0.25, -0.2) is 0 Å². The van der Waals surface area contributed by atoms with E-state index in [1.165, 1.54) is 0 Å². The van der Waals surface area contributed by atoms with Gasteiger partial charge in [-0.1, -0.05) is 26.3 Å². The van der Waals surface area contributed by atoms with Crippen molar-refractivity contribution in [3.8, 4) is 0 Å². The standard InChI is InChI=1S/C26H42N2O6/c1-9-14-27(24(5,6)7)22(31)20-26-13-12-25(8,34-26)19(23(32)33-11-3)18(26)21(30)28(20)17(15-29)16(4)10-2/h9,16-20,29H,1,10-15H2,2-8H3/t16-,17-,18-,19+,20?,25-,26?/m0/s1. The van der Waals surface area contributed by atoms with Gasteiger partial charge in [0.25, 0.3) is 0 Å². The number of hydrogen-bond donors (Lipinski definition) is 1. The molecule has 2 amide bonds. The van der Waals surface area contributed by atoms with Gasteiger partial charge in [0, 0.05) is 12.1 Å². The molecule has 0 aromatic heterocycles. The number of likely N-dealkylation sites (tertiary alicyclic amines) is 1.